The first-order valence-electron chi connectivity index (χ1n) is 10.5. The minimum absolute atomic E-state index is 0.0131. The predicted octanol–water partition coefficient (Wildman–Crippen LogP) is 3.94. The molecule has 0 aliphatic carbocycles. The highest BCUT2D eigenvalue weighted by molar-refractivity contribution is 5.91. The molecule has 1 heterocycles. The number of unbranched alkanes of at least 4 members (excludes halogenated alkanes) is 1. The Bertz CT molecular complexity index is 934. The highest BCUT2D eigenvalue weighted by Crippen LogP contribution is 2.24. The Hall–Kier alpha value is -3.73. The van der Waals surface area contributed by atoms with E-state index in [4.69, 9.17) is 0 Å². The largest absolute Gasteiger partial charge is 0.355 e. The van der Waals surface area contributed by atoms with Gasteiger partial charge in [0.1, 0.15) is 0 Å². The number of hydrogen-bond acceptors (Lipinski definition) is 3. The molecule has 5 nitrogen and oxygen atoms in total. The molecule has 2 N–H and O–H groups in total. The summed E-state index contributed by atoms with van der Waals surface area (Å²) in [6, 6.07) is 23.3. The number of benzene rings is 2. The number of nitrogens with one attached hydrogen (secondary N) is 2. The summed E-state index contributed by atoms with van der Waals surface area (Å²) in [5.74, 6) is -0.485. The molecule has 0 radical (unpaired) electrons. The molecule has 158 valence electrons. The van der Waals surface area contributed by atoms with Crippen molar-refractivity contribution in [3.8, 4) is 0 Å². The summed E-state index contributed by atoms with van der Waals surface area (Å²) in [5, 5.41) is 5.90. The molecule has 3 aromatic rings. The second-order valence-corrected chi connectivity index (χ2v) is 7.16. The van der Waals surface area contributed by atoms with E-state index in [1.54, 1.807) is 18.5 Å². The lowest BCUT2D eigenvalue weighted by Crippen LogP contribution is -2.31. The minimum atomic E-state index is -0.334. The first-order valence-corrected chi connectivity index (χ1v) is 10.5. The van der Waals surface area contributed by atoms with Crippen LogP contribution in [-0.4, -0.2) is 29.9 Å². The summed E-state index contributed by atoms with van der Waals surface area (Å²) >= 11 is 0. The Balaban J connectivity index is 1.41. The predicted molar refractivity (Wildman–Crippen MR) is 123 cm³/mol. The molecule has 2 aromatic carbocycles. The van der Waals surface area contributed by atoms with Crippen molar-refractivity contribution in [3.05, 3.63) is 108 Å². The molecule has 0 aliphatic rings. The Morgan fingerprint density at radius 3 is 2.00 bits per heavy atom. The standard InChI is InChI=1S/C26H27N3O2/c30-24(16-15-21-10-9-17-27-20-21)28-18-7-8-19-29-26(31)25(22-11-3-1-4-12-22)23-13-5-2-6-14-23/h1-6,9-17,20,25H,7-8,18-19H2,(H,28,30)(H,29,31). The quantitative estimate of drug-likeness (QED) is 0.391. The summed E-state index contributed by atoms with van der Waals surface area (Å²) in [6.45, 7) is 1.13. The number of nitrogens with zero attached hydrogens (tertiary/aromatic N) is 1. The average molecular weight is 414 g/mol. The van der Waals surface area contributed by atoms with Crippen LogP contribution in [0.1, 0.15) is 35.4 Å². The van der Waals surface area contributed by atoms with Crippen molar-refractivity contribution in [1.82, 2.24) is 15.6 Å². The third kappa shape index (κ3) is 7.23. The maximum absolute atomic E-state index is 12.9. The summed E-state index contributed by atoms with van der Waals surface area (Å²) in [5.41, 5.74) is 2.82. The van der Waals surface area contributed by atoms with Crippen LogP contribution >= 0.6 is 0 Å². The number of rotatable bonds is 10. The molecule has 0 spiro atoms. The van der Waals surface area contributed by atoms with Gasteiger partial charge in [0.25, 0.3) is 0 Å². The first-order chi connectivity index (χ1) is 15.2. The van der Waals surface area contributed by atoms with E-state index >= 15 is 0 Å². The van der Waals surface area contributed by atoms with Crippen molar-refractivity contribution in [2.45, 2.75) is 18.8 Å². The molecule has 0 saturated carbocycles. The van der Waals surface area contributed by atoms with Crippen LogP contribution < -0.4 is 10.6 Å². The van der Waals surface area contributed by atoms with E-state index in [0.717, 1.165) is 29.5 Å². The van der Waals surface area contributed by atoms with Gasteiger partial charge in [0, 0.05) is 31.6 Å². The first kappa shape index (κ1) is 22.0. The molecule has 2 amide bonds. The molecule has 0 bridgehead atoms. The van der Waals surface area contributed by atoms with E-state index in [9.17, 15) is 9.59 Å². The van der Waals surface area contributed by atoms with Gasteiger partial charge in [-0.25, -0.2) is 0 Å². The SMILES string of the molecule is O=C(C=Cc1cccnc1)NCCCCNC(=O)C(c1ccccc1)c1ccccc1. The maximum Gasteiger partial charge on any atom is 0.243 e. The molecule has 0 atom stereocenters. The number of hydrogen-bond donors (Lipinski definition) is 2. The van der Waals surface area contributed by atoms with E-state index in [1.807, 2.05) is 72.8 Å². The molecular weight excluding hydrogens is 386 g/mol. The second kappa shape index (κ2) is 12.1. The fourth-order valence-corrected chi connectivity index (χ4v) is 3.27. The van der Waals surface area contributed by atoms with Crippen LogP contribution in [0.15, 0.2) is 91.3 Å². The van der Waals surface area contributed by atoms with Gasteiger partial charge in [-0.2, -0.15) is 0 Å². The van der Waals surface area contributed by atoms with Gasteiger partial charge in [-0.3, -0.25) is 14.6 Å². The fourth-order valence-electron chi connectivity index (χ4n) is 3.27. The zero-order valence-corrected chi connectivity index (χ0v) is 17.4. The summed E-state index contributed by atoms with van der Waals surface area (Å²) in [6.07, 6.45) is 8.20. The van der Waals surface area contributed by atoms with Gasteiger partial charge < -0.3 is 10.6 Å². The van der Waals surface area contributed by atoms with Gasteiger partial charge in [-0.15, -0.1) is 0 Å². The zero-order chi connectivity index (χ0) is 21.7. The fraction of sp³-hybridized carbons (Fsp3) is 0.192. The summed E-state index contributed by atoms with van der Waals surface area (Å²) in [4.78, 5) is 28.8. The lowest BCUT2D eigenvalue weighted by molar-refractivity contribution is -0.121. The molecule has 3 rings (SSSR count). The van der Waals surface area contributed by atoms with E-state index in [1.165, 1.54) is 6.08 Å². The molecular formula is C26H27N3O2. The van der Waals surface area contributed by atoms with E-state index < -0.39 is 0 Å². The lowest BCUT2D eigenvalue weighted by Gasteiger charge is -2.18. The third-order valence-electron chi connectivity index (χ3n) is 4.84. The van der Waals surface area contributed by atoms with E-state index in [-0.39, 0.29) is 17.7 Å². The molecule has 5 heteroatoms. The lowest BCUT2D eigenvalue weighted by atomic mass is 9.90. The van der Waals surface area contributed by atoms with E-state index in [0.29, 0.717) is 13.1 Å². The van der Waals surface area contributed by atoms with E-state index in [2.05, 4.69) is 15.6 Å². The van der Waals surface area contributed by atoms with Gasteiger partial charge in [0.2, 0.25) is 11.8 Å². The monoisotopic (exact) mass is 413 g/mol. The van der Waals surface area contributed by atoms with Crippen molar-refractivity contribution < 1.29 is 9.59 Å². The summed E-state index contributed by atoms with van der Waals surface area (Å²) < 4.78 is 0. The third-order valence-corrected chi connectivity index (χ3v) is 4.84. The van der Waals surface area contributed by atoms with Crippen LogP contribution in [0.25, 0.3) is 6.08 Å². The molecule has 0 unspecified atom stereocenters. The molecule has 31 heavy (non-hydrogen) atoms. The van der Waals surface area contributed by atoms with Gasteiger partial charge in [0.05, 0.1) is 5.92 Å². The van der Waals surface area contributed by atoms with Gasteiger partial charge in [-0.05, 0) is 41.7 Å². The molecule has 0 fully saturated rings. The van der Waals surface area contributed by atoms with Gasteiger partial charge in [0.15, 0.2) is 0 Å². The highest BCUT2D eigenvalue weighted by atomic mass is 16.2. The Kier molecular flexibility index (Phi) is 8.56. The minimum Gasteiger partial charge on any atom is -0.355 e. The molecule has 0 saturated heterocycles. The van der Waals surface area contributed by atoms with Crippen LogP contribution in [0.2, 0.25) is 0 Å². The van der Waals surface area contributed by atoms with Crippen LogP contribution in [0.4, 0.5) is 0 Å². The normalized spacial score (nSPS) is 10.9. The Morgan fingerprint density at radius 1 is 0.806 bits per heavy atom. The van der Waals surface area contributed by atoms with Crippen molar-refractivity contribution in [2.75, 3.05) is 13.1 Å². The number of aromatic nitrogens is 1. The van der Waals surface area contributed by atoms with Crippen LogP contribution in [0, 0.1) is 0 Å². The number of amides is 2. The Labute approximate surface area is 183 Å². The summed E-state index contributed by atoms with van der Waals surface area (Å²) in [7, 11) is 0. The average Bonchev–Trinajstić information content (AvgIpc) is 2.82. The number of pyridine rings is 1. The van der Waals surface area contributed by atoms with Crippen molar-refractivity contribution in [1.29, 1.82) is 0 Å². The zero-order valence-electron chi connectivity index (χ0n) is 17.4. The number of carbonyl (C=O) groups excluding carboxylic acids is 2. The van der Waals surface area contributed by atoms with Crippen molar-refractivity contribution >= 4 is 17.9 Å². The van der Waals surface area contributed by atoms with Crippen LogP contribution in [0.5, 0.6) is 0 Å². The smallest absolute Gasteiger partial charge is 0.243 e. The molecule has 1 aromatic heterocycles. The van der Waals surface area contributed by atoms with Crippen molar-refractivity contribution in [3.63, 3.8) is 0 Å². The molecule has 0 aliphatic heterocycles. The van der Waals surface area contributed by atoms with Crippen LogP contribution in [-0.2, 0) is 9.59 Å². The Morgan fingerprint density at radius 2 is 1.42 bits per heavy atom. The maximum atomic E-state index is 12.9. The van der Waals surface area contributed by atoms with Crippen molar-refractivity contribution in [2.24, 2.45) is 0 Å². The second-order valence-electron chi connectivity index (χ2n) is 7.16. The number of carbonyl (C=O) groups is 2. The van der Waals surface area contributed by atoms with Gasteiger partial charge in [-0.1, -0.05) is 66.7 Å². The van der Waals surface area contributed by atoms with Gasteiger partial charge >= 0.3 is 0 Å². The highest BCUT2D eigenvalue weighted by Gasteiger charge is 2.21. The topological polar surface area (TPSA) is 71.1 Å². The van der Waals surface area contributed by atoms with Crippen LogP contribution in [0.3, 0.4) is 0 Å².